The quantitative estimate of drug-likeness (QED) is 0.500. The van der Waals surface area contributed by atoms with Gasteiger partial charge in [0.25, 0.3) is 8.32 Å². The van der Waals surface area contributed by atoms with Crippen molar-refractivity contribution in [2.75, 3.05) is 5.73 Å². The number of aromatic nitrogens is 2. The highest BCUT2D eigenvalue weighted by Crippen LogP contribution is 2.44. The average Bonchev–Trinajstić information content (AvgIpc) is 3.34. The van der Waals surface area contributed by atoms with E-state index in [1.54, 1.807) is 0 Å². The zero-order valence-electron chi connectivity index (χ0n) is 21.3. The lowest BCUT2D eigenvalue weighted by atomic mass is 10.0. The number of hydrogen-bond acceptors (Lipinski definition) is 3. The van der Waals surface area contributed by atoms with Crippen molar-refractivity contribution in [3.63, 3.8) is 0 Å². The second kappa shape index (κ2) is 8.97. The maximum atomic E-state index is 15.6. The Morgan fingerprint density at radius 2 is 1.44 bits per heavy atom. The van der Waals surface area contributed by atoms with Crippen LogP contribution >= 0.6 is 0 Å². The molecule has 0 spiro atoms. The molecule has 2 aromatic carbocycles. The molecule has 1 aliphatic rings. The van der Waals surface area contributed by atoms with Crippen molar-refractivity contribution in [1.29, 1.82) is 0 Å². The van der Waals surface area contributed by atoms with E-state index in [-0.39, 0.29) is 16.5 Å². The Hall–Kier alpha value is -2.44. The highest BCUT2D eigenvalue weighted by atomic mass is 28.4. The van der Waals surface area contributed by atoms with Gasteiger partial charge in [0.15, 0.2) is 0 Å². The lowest BCUT2D eigenvalue weighted by Crippen LogP contribution is -2.68. The normalized spacial score (nSPS) is 21.7. The van der Waals surface area contributed by atoms with Gasteiger partial charge in [-0.3, -0.25) is 0 Å². The molecule has 34 heavy (non-hydrogen) atoms. The van der Waals surface area contributed by atoms with E-state index in [1.807, 2.05) is 22.9 Å². The lowest BCUT2D eigenvalue weighted by molar-refractivity contribution is 0.115. The van der Waals surface area contributed by atoms with Crippen molar-refractivity contribution in [3.05, 3.63) is 72.4 Å². The SMILES string of the molecule is CC(C)(C)n1nc([C@H]2C[C@H](O[Si](c3ccccc3)(c3ccccc3)C(C)(C)C)[C@@H](F)C2)cc1N. The van der Waals surface area contributed by atoms with E-state index in [4.69, 9.17) is 15.3 Å². The molecule has 1 saturated carbocycles. The molecule has 1 heterocycles. The van der Waals surface area contributed by atoms with Gasteiger partial charge in [-0.15, -0.1) is 0 Å². The summed E-state index contributed by atoms with van der Waals surface area (Å²) in [5.74, 6) is 0.610. The summed E-state index contributed by atoms with van der Waals surface area (Å²) in [4.78, 5) is 0. The smallest absolute Gasteiger partial charge is 0.261 e. The van der Waals surface area contributed by atoms with Crippen LogP contribution in [0.2, 0.25) is 5.04 Å². The van der Waals surface area contributed by atoms with Crippen LogP contribution in [0.1, 0.15) is 66.0 Å². The maximum absolute atomic E-state index is 15.6. The van der Waals surface area contributed by atoms with Gasteiger partial charge in [-0.25, -0.2) is 9.07 Å². The molecular formula is C28H38FN3OSi. The number of benzene rings is 2. The molecule has 3 atom stereocenters. The fourth-order valence-corrected chi connectivity index (χ4v) is 10.1. The standard InChI is InChI=1S/C28H38FN3OSi/c1-27(2,3)32-26(30)19-24(31-32)20-17-23(29)25(18-20)33-34(28(4,5)6,21-13-9-7-10-14-21)22-15-11-8-12-16-22/h7-16,19-20,23,25H,17-18,30H2,1-6H3/t20-,23+,25+/m1/s1. The van der Waals surface area contributed by atoms with Gasteiger partial charge in [-0.2, -0.15) is 5.10 Å². The van der Waals surface area contributed by atoms with Crippen molar-refractivity contribution in [2.24, 2.45) is 0 Å². The van der Waals surface area contributed by atoms with Crippen molar-refractivity contribution in [2.45, 2.75) is 83.2 Å². The van der Waals surface area contributed by atoms with Crippen molar-refractivity contribution >= 4 is 24.5 Å². The van der Waals surface area contributed by atoms with Crippen LogP contribution < -0.4 is 16.1 Å². The van der Waals surface area contributed by atoms with Crippen LogP contribution in [0.5, 0.6) is 0 Å². The Balaban J connectivity index is 1.72. The molecule has 2 N–H and O–H groups in total. The second-order valence-electron chi connectivity index (χ2n) is 11.6. The molecule has 6 heteroatoms. The van der Waals surface area contributed by atoms with Gasteiger partial charge in [0.1, 0.15) is 12.0 Å². The van der Waals surface area contributed by atoms with Gasteiger partial charge in [0.05, 0.1) is 17.3 Å². The van der Waals surface area contributed by atoms with Crippen LogP contribution in [-0.2, 0) is 9.96 Å². The number of nitrogen functional groups attached to an aromatic ring is 1. The summed E-state index contributed by atoms with van der Waals surface area (Å²) in [5, 5.41) is 6.93. The van der Waals surface area contributed by atoms with Gasteiger partial charge in [-0.05, 0) is 49.0 Å². The zero-order valence-corrected chi connectivity index (χ0v) is 22.3. The third-order valence-corrected chi connectivity index (χ3v) is 12.0. The minimum absolute atomic E-state index is 0.0101. The summed E-state index contributed by atoms with van der Waals surface area (Å²) in [6, 6.07) is 22.8. The van der Waals surface area contributed by atoms with Crippen LogP contribution in [0.15, 0.2) is 66.7 Å². The maximum Gasteiger partial charge on any atom is 0.261 e. The molecule has 1 aliphatic carbocycles. The number of nitrogens with zero attached hydrogens (tertiary/aromatic N) is 2. The van der Waals surface area contributed by atoms with Crippen LogP contribution in [0.4, 0.5) is 10.2 Å². The molecule has 0 amide bonds. The average molecular weight is 480 g/mol. The molecule has 0 bridgehead atoms. The lowest BCUT2D eigenvalue weighted by Gasteiger charge is -2.45. The topological polar surface area (TPSA) is 53.1 Å². The van der Waals surface area contributed by atoms with Crippen LogP contribution in [0.3, 0.4) is 0 Å². The number of halogens is 1. The number of anilines is 1. The predicted octanol–water partition coefficient (Wildman–Crippen LogP) is 5.38. The first kappa shape index (κ1) is 24.7. The minimum atomic E-state index is -2.81. The minimum Gasteiger partial charge on any atom is -0.401 e. The van der Waals surface area contributed by atoms with Gasteiger partial charge in [-0.1, -0.05) is 81.4 Å². The van der Waals surface area contributed by atoms with E-state index >= 15 is 4.39 Å². The third-order valence-electron chi connectivity index (χ3n) is 6.98. The first-order chi connectivity index (χ1) is 15.9. The molecule has 0 aliphatic heterocycles. The van der Waals surface area contributed by atoms with Crippen molar-refractivity contribution < 1.29 is 8.82 Å². The Morgan fingerprint density at radius 1 is 0.912 bits per heavy atom. The zero-order chi connectivity index (χ0) is 24.7. The van der Waals surface area contributed by atoms with E-state index in [2.05, 4.69) is 90.1 Å². The fraction of sp³-hybridized carbons (Fsp3) is 0.464. The molecule has 0 saturated heterocycles. The summed E-state index contributed by atoms with van der Waals surface area (Å²) in [6.07, 6.45) is -0.527. The predicted molar refractivity (Wildman–Crippen MR) is 141 cm³/mol. The van der Waals surface area contributed by atoms with Gasteiger partial charge in [0, 0.05) is 12.0 Å². The van der Waals surface area contributed by atoms with E-state index in [0.29, 0.717) is 18.7 Å². The highest BCUT2D eigenvalue weighted by molar-refractivity contribution is 6.99. The van der Waals surface area contributed by atoms with E-state index in [0.717, 1.165) is 5.69 Å². The Bertz CT molecular complexity index is 1060. The van der Waals surface area contributed by atoms with Crippen molar-refractivity contribution in [3.8, 4) is 0 Å². The molecule has 1 aromatic heterocycles. The van der Waals surface area contributed by atoms with E-state index in [9.17, 15) is 0 Å². The Labute approximate surface area is 204 Å². The fourth-order valence-electron chi connectivity index (χ4n) is 5.38. The highest BCUT2D eigenvalue weighted by Gasteiger charge is 2.53. The summed E-state index contributed by atoms with van der Waals surface area (Å²) < 4.78 is 24.6. The molecule has 3 aromatic rings. The Kier molecular flexibility index (Phi) is 6.51. The third kappa shape index (κ3) is 4.45. The van der Waals surface area contributed by atoms with Crippen LogP contribution in [0, 0.1) is 0 Å². The van der Waals surface area contributed by atoms with E-state index in [1.165, 1.54) is 10.4 Å². The van der Waals surface area contributed by atoms with E-state index < -0.39 is 20.6 Å². The second-order valence-corrected chi connectivity index (χ2v) is 15.8. The molecule has 0 radical (unpaired) electrons. The van der Waals surface area contributed by atoms with Crippen LogP contribution in [0.25, 0.3) is 0 Å². The number of alkyl halides is 1. The molecular weight excluding hydrogens is 441 g/mol. The summed E-state index contributed by atoms with van der Waals surface area (Å²) in [5.41, 5.74) is 6.90. The number of hydrogen-bond donors (Lipinski definition) is 1. The summed E-state index contributed by atoms with van der Waals surface area (Å²) in [7, 11) is -2.81. The monoisotopic (exact) mass is 479 g/mol. The summed E-state index contributed by atoms with van der Waals surface area (Å²) in [6.45, 7) is 12.9. The number of nitrogens with two attached hydrogens (primary N) is 1. The molecule has 4 nitrogen and oxygen atoms in total. The molecule has 182 valence electrons. The largest absolute Gasteiger partial charge is 0.401 e. The summed E-state index contributed by atoms with van der Waals surface area (Å²) >= 11 is 0. The van der Waals surface area contributed by atoms with Gasteiger partial charge >= 0.3 is 0 Å². The first-order valence-electron chi connectivity index (χ1n) is 12.2. The van der Waals surface area contributed by atoms with Gasteiger partial charge < -0.3 is 10.2 Å². The first-order valence-corrected chi connectivity index (χ1v) is 14.1. The van der Waals surface area contributed by atoms with Crippen LogP contribution in [-0.4, -0.2) is 30.4 Å². The Morgan fingerprint density at radius 3 is 1.88 bits per heavy atom. The van der Waals surface area contributed by atoms with Crippen molar-refractivity contribution in [1.82, 2.24) is 9.78 Å². The number of rotatable bonds is 5. The molecule has 4 rings (SSSR count). The van der Waals surface area contributed by atoms with Gasteiger partial charge in [0.2, 0.25) is 0 Å². The molecule has 1 fully saturated rings. The molecule has 0 unspecified atom stereocenters.